The second-order valence-corrected chi connectivity index (χ2v) is 5.41. The summed E-state index contributed by atoms with van der Waals surface area (Å²) in [5, 5.41) is 14.6. The van der Waals surface area contributed by atoms with Crippen LogP contribution in [0.2, 0.25) is 0 Å². The normalized spacial score (nSPS) is 16.4. The van der Waals surface area contributed by atoms with Gasteiger partial charge in [-0.25, -0.2) is 4.39 Å². The molecule has 0 saturated carbocycles. The van der Waals surface area contributed by atoms with Gasteiger partial charge in [-0.15, -0.1) is 0 Å². The minimum atomic E-state index is -0.788. The number of aromatic hydroxyl groups is 1. The minimum absolute atomic E-state index is 0.112. The van der Waals surface area contributed by atoms with E-state index in [4.69, 9.17) is 0 Å². The van der Waals surface area contributed by atoms with Crippen LogP contribution in [0, 0.1) is 5.82 Å². The number of carbonyl (C=O) groups excluding carboxylic acids is 2. The molecular weight excluding hydrogens is 299 g/mol. The summed E-state index contributed by atoms with van der Waals surface area (Å²) in [5.41, 5.74) is 1.54. The summed E-state index contributed by atoms with van der Waals surface area (Å²) >= 11 is 0. The molecule has 0 fully saturated rings. The zero-order valence-corrected chi connectivity index (χ0v) is 12.2. The highest BCUT2D eigenvalue weighted by Gasteiger charge is 2.25. The highest BCUT2D eigenvalue weighted by molar-refractivity contribution is 5.96. The van der Waals surface area contributed by atoms with Gasteiger partial charge in [-0.1, -0.05) is 18.2 Å². The summed E-state index contributed by atoms with van der Waals surface area (Å²) in [6, 6.07) is 10.8. The SMILES string of the molecule is O=C1C[C@@H](CNC(=O)c2ccc(O)cc2F)c2ccccc2N1. The molecule has 1 aliphatic rings. The number of anilines is 1. The van der Waals surface area contributed by atoms with Crippen LogP contribution in [0.5, 0.6) is 5.75 Å². The van der Waals surface area contributed by atoms with E-state index in [1.54, 1.807) is 6.07 Å². The number of fused-ring (bicyclic) bond motifs is 1. The van der Waals surface area contributed by atoms with E-state index in [-0.39, 0.29) is 36.1 Å². The maximum Gasteiger partial charge on any atom is 0.254 e. The quantitative estimate of drug-likeness (QED) is 0.814. The third-order valence-corrected chi connectivity index (χ3v) is 3.81. The Morgan fingerprint density at radius 1 is 1.30 bits per heavy atom. The fourth-order valence-corrected chi connectivity index (χ4v) is 2.68. The van der Waals surface area contributed by atoms with Crippen LogP contribution >= 0.6 is 0 Å². The number of hydrogen-bond donors (Lipinski definition) is 3. The summed E-state index contributed by atoms with van der Waals surface area (Å²) in [4.78, 5) is 23.8. The molecule has 5 nitrogen and oxygen atoms in total. The molecule has 1 atom stereocenters. The molecule has 2 aromatic carbocycles. The van der Waals surface area contributed by atoms with Gasteiger partial charge in [0.25, 0.3) is 5.91 Å². The molecule has 3 rings (SSSR count). The van der Waals surface area contributed by atoms with Gasteiger partial charge in [0.1, 0.15) is 11.6 Å². The van der Waals surface area contributed by atoms with Crippen molar-refractivity contribution in [2.75, 3.05) is 11.9 Å². The molecule has 0 radical (unpaired) electrons. The van der Waals surface area contributed by atoms with Crippen molar-refractivity contribution < 1.29 is 19.1 Å². The predicted molar refractivity (Wildman–Crippen MR) is 82.8 cm³/mol. The van der Waals surface area contributed by atoms with Crippen molar-refractivity contribution in [3.63, 3.8) is 0 Å². The van der Waals surface area contributed by atoms with Gasteiger partial charge in [0.15, 0.2) is 0 Å². The fourth-order valence-electron chi connectivity index (χ4n) is 2.68. The number of rotatable bonds is 3. The average molecular weight is 314 g/mol. The second-order valence-electron chi connectivity index (χ2n) is 5.41. The summed E-state index contributed by atoms with van der Waals surface area (Å²) in [6.07, 6.45) is 0.259. The largest absolute Gasteiger partial charge is 0.508 e. The van der Waals surface area contributed by atoms with Crippen LogP contribution in [0.4, 0.5) is 10.1 Å². The molecule has 2 amide bonds. The Balaban J connectivity index is 1.73. The molecule has 3 N–H and O–H groups in total. The Morgan fingerprint density at radius 2 is 2.09 bits per heavy atom. The lowest BCUT2D eigenvalue weighted by Gasteiger charge is -2.25. The van der Waals surface area contributed by atoms with E-state index in [1.807, 2.05) is 18.2 Å². The lowest BCUT2D eigenvalue weighted by Crippen LogP contribution is -2.33. The average Bonchev–Trinajstić information content (AvgIpc) is 2.52. The van der Waals surface area contributed by atoms with Gasteiger partial charge in [0.05, 0.1) is 5.56 Å². The smallest absolute Gasteiger partial charge is 0.254 e. The van der Waals surface area contributed by atoms with Crippen molar-refractivity contribution in [2.24, 2.45) is 0 Å². The van der Waals surface area contributed by atoms with Crippen LogP contribution < -0.4 is 10.6 Å². The number of benzene rings is 2. The van der Waals surface area contributed by atoms with Gasteiger partial charge in [-0.05, 0) is 23.8 Å². The van der Waals surface area contributed by atoms with Crippen molar-refractivity contribution in [3.05, 3.63) is 59.4 Å². The molecule has 0 aliphatic carbocycles. The maximum absolute atomic E-state index is 13.7. The molecule has 0 saturated heterocycles. The first-order valence-corrected chi connectivity index (χ1v) is 7.20. The van der Waals surface area contributed by atoms with Gasteiger partial charge in [-0.3, -0.25) is 9.59 Å². The number of carbonyl (C=O) groups is 2. The maximum atomic E-state index is 13.7. The summed E-state index contributed by atoms with van der Waals surface area (Å²) in [5.74, 6) is -1.88. The standard InChI is InChI=1S/C17H15FN2O3/c18-14-8-11(21)5-6-13(14)17(23)19-9-10-7-16(22)20-15-4-2-1-3-12(10)15/h1-6,8,10,21H,7,9H2,(H,19,23)(H,20,22)/t10-/m0/s1. The van der Waals surface area contributed by atoms with Gasteiger partial charge < -0.3 is 15.7 Å². The number of para-hydroxylation sites is 1. The summed E-state index contributed by atoms with van der Waals surface area (Å²) < 4.78 is 13.7. The van der Waals surface area contributed by atoms with Crippen molar-refractivity contribution in [3.8, 4) is 5.75 Å². The zero-order chi connectivity index (χ0) is 16.4. The van der Waals surface area contributed by atoms with E-state index in [2.05, 4.69) is 10.6 Å². The lowest BCUT2D eigenvalue weighted by atomic mass is 9.90. The number of amides is 2. The van der Waals surface area contributed by atoms with Crippen molar-refractivity contribution >= 4 is 17.5 Å². The van der Waals surface area contributed by atoms with Gasteiger partial charge in [-0.2, -0.15) is 0 Å². The first-order valence-electron chi connectivity index (χ1n) is 7.20. The molecule has 6 heteroatoms. The number of hydrogen-bond acceptors (Lipinski definition) is 3. The Hall–Kier alpha value is -2.89. The van der Waals surface area contributed by atoms with Gasteiger partial charge >= 0.3 is 0 Å². The number of nitrogens with one attached hydrogen (secondary N) is 2. The highest BCUT2D eigenvalue weighted by Crippen LogP contribution is 2.31. The number of phenolic OH excluding ortho intramolecular Hbond substituents is 1. The van der Waals surface area contributed by atoms with Crippen molar-refractivity contribution in [1.82, 2.24) is 5.32 Å². The van der Waals surface area contributed by atoms with Crippen molar-refractivity contribution in [2.45, 2.75) is 12.3 Å². The predicted octanol–water partition coefficient (Wildman–Crippen LogP) is 2.39. The second kappa shape index (κ2) is 6.08. The molecule has 23 heavy (non-hydrogen) atoms. The molecule has 118 valence electrons. The van der Waals surface area contributed by atoms with E-state index in [9.17, 15) is 19.1 Å². The Kier molecular flexibility index (Phi) is 3.97. The van der Waals surface area contributed by atoms with Crippen LogP contribution in [0.15, 0.2) is 42.5 Å². The summed E-state index contributed by atoms with van der Waals surface area (Å²) in [6.45, 7) is 0.226. The van der Waals surface area contributed by atoms with E-state index >= 15 is 0 Å². The third-order valence-electron chi connectivity index (χ3n) is 3.81. The molecule has 1 aliphatic heterocycles. The molecule has 0 bridgehead atoms. The topological polar surface area (TPSA) is 78.4 Å². The van der Waals surface area contributed by atoms with Crippen molar-refractivity contribution in [1.29, 1.82) is 0 Å². The molecule has 0 aromatic heterocycles. The number of phenols is 1. The monoisotopic (exact) mass is 314 g/mol. The molecule has 1 heterocycles. The first-order chi connectivity index (χ1) is 11.0. The lowest BCUT2D eigenvalue weighted by molar-refractivity contribution is -0.116. The fraction of sp³-hybridized carbons (Fsp3) is 0.176. The Labute approximate surface area is 132 Å². The highest BCUT2D eigenvalue weighted by atomic mass is 19.1. The van der Waals surface area contributed by atoms with Gasteiger partial charge in [0.2, 0.25) is 5.91 Å². The summed E-state index contributed by atoms with van der Waals surface area (Å²) in [7, 11) is 0. The van der Waals surface area contributed by atoms with Crippen LogP contribution in [0.25, 0.3) is 0 Å². The first kappa shape index (κ1) is 15.0. The van der Waals surface area contributed by atoms with Gasteiger partial charge in [0, 0.05) is 30.6 Å². The Bertz CT molecular complexity index is 776. The molecule has 0 spiro atoms. The van der Waals surface area contributed by atoms with E-state index in [0.29, 0.717) is 0 Å². The van der Waals surface area contributed by atoms with Crippen LogP contribution in [0.3, 0.4) is 0 Å². The molecule has 0 unspecified atom stereocenters. The van der Waals surface area contributed by atoms with Crippen LogP contribution in [-0.4, -0.2) is 23.5 Å². The van der Waals surface area contributed by atoms with E-state index < -0.39 is 11.7 Å². The third kappa shape index (κ3) is 3.15. The Morgan fingerprint density at radius 3 is 2.87 bits per heavy atom. The molecular formula is C17H15FN2O3. The number of halogens is 1. The van der Waals surface area contributed by atoms with Crippen LogP contribution in [0.1, 0.15) is 28.3 Å². The minimum Gasteiger partial charge on any atom is -0.508 e. The van der Waals surface area contributed by atoms with E-state index in [0.717, 1.165) is 17.3 Å². The zero-order valence-electron chi connectivity index (χ0n) is 12.2. The van der Waals surface area contributed by atoms with E-state index in [1.165, 1.54) is 12.1 Å². The van der Waals surface area contributed by atoms with Crippen LogP contribution in [-0.2, 0) is 4.79 Å². The molecule has 2 aromatic rings.